The molecule has 2 aromatic rings. The third-order valence-electron chi connectivity index (χ3n) is 4.16. The average molecular weight is 360 g/mol. The Balaban J connectivity index is 2.13. The summed E-state index contributed by atoms with van der Waals surface area (Å²) in [7, 11) is -3.57. The van der Waals surface area contributed by atoms with Gasteiger partial charge in [0.05, 0.1) is 4.90 Å². The Morgan fingerprint density at radius 2 is 1.68 bits per heavy atom. The van der Waals surface area contributed by atoms with Gasteiger partial charge in [-0.25, -0.2) is 13.1 Å². The van der Waals surface area contributed by atoms with Crippen molar-refractivity contribution in [1.82, 2.24) is 4.72 Å². The minimum Gasteiger partial charge on any atom is -0.322 e. The number of carbonyl (C=O) groups excluding carboxylic acids is 1. The van der Waals surface area contributed by atoms with E-state index in [0.29, 0.717) is 17.7 Å². The van der Waals surface area contributed by atoms with E-state index in [4.69, 9.17) is 0 Å². The number of hydrogen-bond acceptors (Lipinski definition) is 3. The number of sulfonamides is 1. The van der Waals surface area contributed by atoms with Crippen molar-refractivity contribution in [1.29, 1.82) is 0 Å². The van der Waals surface area contributed by atoms with Gasteiger partial charge in [0.25, 0.3) is 5.91 Å². The number of hydrogen-bond donors (Lipinski definition) is 2. The monoisotopic (exact) mass is 360 g/mol. The van der Waals surface area contributed by atoms with Gasteiger partial charge in [-0.3, -0.25) is 4.79 Å². The summed E-state index contributed by atoms with van der Waals surface area (Å²) >= 11 is 0. The van der Waals surface area contributed by atoms with Crippen LogP contribution in [0, 0.1) is 13.8 Å². The van der Waals surface area contributed by atoms with E-state index in [1.54, 1.807) is 0 Å². The van der Waals surface area contributed by atoms with Gasteiger partial charge in [0.15, 0.2) is 0 Å². The predicted molar refractivity (Wildman–Crippen MR) is 100 cm³/mol. The van der Waals surface area contributed by atoms with Crippen molar-refractivity contribution >= 4 is 21.6 Å². The SMILES string of the molecule is CC[C@@H](C)NS(=O)(=O)c1ccc(C(=O)Nc2ccc(C)c(C)c2)cc1. The smallest absolute Gasteiger partial charge is 0.255 e. The van der Waals surface area contributed by atoms with E-state index in [1.807, 2.05) is 45.9 Å². The quantitative estimate of drug-likeness (QED) is 0.826. The minimum absolute atomic E-state index is 0.141. The van der Waals surface area contributed by atoms with E-state index in [9.17, 15) is 13.2 Å². The van der Waals surface area contributed by atoms with Crippen LogP contribution in [0.5, 0.6) is 0 Å². The molecule has 25 heavy (non-hydrogen) atoms. The molecule has 5 nitrogen and oxygen atoms in total. The standard InChI is InChI=1S/C19H24N2O3S/c1-5-15(4)21-25(23,24)18-10-7-16(8-11-18)19(22)20-17-9-6-13(2)14(3)12-17/h6-12,15,21H,5H2,1-4H3,(H,20,22)/t15-/m1/s1. The van der Waals surface area contributed by atoms with Gasteiger partial charge < -0.3 is 5.32 Å². The molecule has 2 aromatic carbocycles. The molecule has 1 atom stereocenters. The van der Waals surface area contributed by atoms with E-state index in [1.165, 1.54) is 24.3 Å². The fourth-order valence-corrected chi connectivity index (χ4v) is 3.55. The summed E-state index contributed by atoms with van der Waals surface area (Å²) in [5.74, 6) is -0.276. The summed E-state index contributed by atoms with van der Waals surface area (Å²) in [6, 6.07) is 11.5. The number of anilines is 1. The Kier molecular flexibility index (Phi) is 5.98. The molecule has 0 saturated carbocycles. The van der Waals surface area contributed by atoms with Gasteiger partial charge in [0.2, 0.25) is 10.0 Å². The summed E-state index contributed by atoms with van der Waals surface area (Å²) in [6.07, 6.45) is 0.704. The Hall–Kier alpha value is -2.18. The Labute approximate surface area is 149 Å². The van der Waals surface area contributed by atoms with E-state index < -0.39 is 10.0 Å². The van der Waals surface area contributed by atoms with Crippen LogP contribution in [-0.2, 0) is 10.0 Å². The van der Waals surface area contributed by atoms with Gasteiger partial charge in [0, 0.05) is 17.3 Å². The van der Waals surface area contributed by atoms with Crippen LogP contribution in [0.25, 0.3) is 0 Å². The van der Waals surface area contributed by atoms with Crippen molar-refractivity contribution in [3.05, 3.63) is 59.2 Å². The second-order valence-corrected chi connectivity index (χ2v) is 7.92. The summed E-state index contributed by atoms with van der Waals surface area (Å²) < 4.78 is 27.1. The molecule has 0 aromatic heterocycles. The second kappa shape index (κ2) is 7.80. The van der Waals surface area contributed by atoms with Crippen molar-refractivity contribution in [3.8, 4) is 0 Å². The van der Waals surface area contributed by atoms with Crippen LogP contribution < -0.4 is 10.0 Å². The van der Waals surface area contributed by atoms with Crippen LogP contribution in [0.2, 0.25) is 0 Å². The van der Waals surface area contributed by atoms with Crippen LogP contribution in [0.15, 0.2) is 47.4 Å². The lowest BCUT2D eigenvalue weighted by atomic mass is 10.1. The zero-order valence-corrected chi connectivity index (χ0v) is 15.8. The maximum Gasteiger partial charge on any atom is 0.255 e. The van der Waals surface area contributed by atoms with E-state index in [-0.39, 0.29) is 16.8 Å². The summed E-state index contributed by atoms with van der Waals surface area (Å²) in [5.41, 5.74) is 3.36. The van der Waals surface area contributed by atoms with E-state index in [2.05, 4.69) is 10.0 Å². The highest BCUT2D eigenvalue weighted by molar-refractivity contribution is 7.89. The molecule has 0 aliphatic carbocycles. The normalized spacial score (nSPS) is 12.6. The lowest BCUT2D eigenvalue weighted by Crippen LogP contribution is -2.32. The largest absolute Gasteiger partial charge is 0.322 e. The first-order valence-corrected chi connectivity index (χ1v) is 9.72. The highest BCUT2D eigenvalue weighted by atomic mass is 32.2. The van der Waals surface area contributed by atoms with E-state index in [0.717, 1.165) is 11.1 Å². The molecule has 0 aliphatic heterocycles. The molecule has 0 heterocycles. The van der Waals surface area contributed by atoms with Gasteiger partial charge >= 0.3 is 0 Å². The first-order chi connectivity index (χ1) is 11.7. The molecule has 0 saturated heterocycles. The average Bonchev–Trinajstić information content (AvgIpc) is 2.57. The lowest BCUT2D eigenvalue weighted by molar-refractivity contribution is 0.102. The number of rotatable bonds is 6. The maximum absolute atomic E-state index is 12.3. The fourth-order valence-electron chi connectivity index (χ4n) is 2.22. The van der Waals surface area contributed by atoms with Crippen LogP contribution in [-0.4, -0.2) is 20.4 Å². The van der Waals surface area contributed by atoms with Gasteiger partial charge in [-0.1, -0.05) is 13.0 Å². The predicted octanol–water partition coefficient (Wildman–Crippen LogP) is 3.63. The van der Waals surface area contributed by atoms with Crippen molar-refractivity contribution in [2.75, 3.05) is 5.32 Å². The van der Waals surface area contributed by atoms with Crippen LogP contribution >= 0.6 is 0 Å². The number of amides is 1. The molecule has 2 rings (SSSR count). The van der Waals surface area contributed by atoms with E-state index >= 15 is 0 Å². The topological polar surface area (TPSA) is 75.3 Å². The molecule has 0 bridgehead atoms. The molecule has 0 spiro atoms. The molecule has 134 valence electrons. The number of carbonyl (C=O) groups is 1. The fraction of sp³-hybridized carbons (Fsp3) is 0.316. The molecule has 6 heteroatoms. The minimum atomic E-state index is -3.57. The van der Waals surface area contributed by atoms with Gasteiger partial charge in [-0.2, -0.15) is 0 Å². The van der Waals surface area contributed by atoms with Gasteiger partial charge in [-0.05, 0) is 74.7 Å². The molecule has 0 fully saturated rings. The molecule has 0 radical (unpaired) electrons. The zero-order chi connectivity index (χ0) is 18.6. The Bertz CT molecular complexity index is 859. The molecule has 0 unspecified atom stereocenters. The van der Waals surface area contributed by atoms with Crippen molar-refractivity contribution in [2.24, 2.45) is 0 Å². The van der Waals surface area contributed by atoms with Crippen LogP contribution in [0.1, 0.15) is 41.8 Å². The molecular weight excluding hydrogens is 336 g/mol. The molecule has 1 amide bonds. The van der Waals surface area contributed by atoms with Crippen molar-refractivity contribution in [2.45, 2.75) is 45.1 Å². The highest BCUT2D eigenvalue weighted by Crippen LogP contribution is 2.16. The zero-order valence-electron chi connectivity index (χ0n) is 15.0. The third-order valence-corrected chi connectivity index (χ3v) is 5.77. The van der Waals surface area contributed by atoms with Crippen molar-refractivity contribution < 1.29 is 13.2 Å². The van der Waals surface area contributed by atoms with Crippen LogP contribution in [0.3, 0.4) is 0 Å². The maximum atomic E-state index is 12.3. The van der Waals surface area contributed by atoms with Crippen molar-refractivity contribution in [3.63, 3.8) is 0 Å². The first kappa shape index (κ1) is 19.1. The lowest BCUT2D eigenvalue weighted by Gasteiger charge is -2.12. The Morgan fingerprint density at radius 1 is 1.04 bits per heavy atom. The molecular formula is C19H24N2O3S. The third kappa shape index (κ3) is 4.90. The molecule has 2 N–H and O–H groups in total. The number of aryl methyl sites for hydroxylation is 2. The van der Waals surface area contributed by atoms with Crippen LogP contribution in [0.4, 0.5) is 5.69 Å². The van der Waals surface area contributed by atoms with Gasteiger partial charge in [0.1, 0.15) is 0 Å². The number of benzene rings is 2. The first-order valence-electron chi connectivity index (χ1n) is 8.24. The summed E-state index contributed by atoms with van der Waals surface area (Å²) in [5, 5.41) is 2.82. The molecule has 0 aliphatic rings. The van der Waals surface area contributed by atoms with Gasteiger partial charge in [-0.15, -0.1) is 0 Å². The second-order valence-electron chi connectivity index (χ2n) is 6.21. The summed E-state index contributed by atoms with van der Waals surface area (Å²) in [4.78, 5) is 12.5. The number of nitrogens with one attached hydrogen (secondary N) is 2. The Morgan fingerprint density at radius 3 is 2.24 bits per heavy atom. The highest BCUT2D eigenvalue weighted by Gasteiger charge is 2.17. The summed E-state index contributed by atoms with van der Waals surface area (Å²) in [6.45, 7) is 7.71.